The van der Waals surface area contributed by atoms with Gasteiger partial charge in [0.05, 0.1) is 11.9 Å². The summed E-state index contributed by atoms with van der Waals surface area (Å²) in [5, 5.41) is 3.27. The molecule has 1 aliphatic rings. The zero-order valence-electron chi connectivity index (χ0n) is 12.4. The largest absolute Gasteiger partial charge is 0.384 e. The van der Waals surface area contributed by atoms with Gasteiger partial charge in [-0.1, -0.05) is 13.3 Å². The van der Waals surface area contributed by atoms with Crippen molar-refractivity contribution in [2.75, 3.05) is 38.0 Å². The first-order chi connectivity index (χ1) is 10.2. The van der Waals surface area contributed by atoms with Crippen molar-refractivity contribution in [3.8, 4) is 0 Å². The van der Waals surface area contributed by atoms with Crippen LogP contribution in [0.4, 0.5) is 5.69 Å². The summed E-state index contributed by atoms with van der Waals surface area (Å²) in [6, 6.07) is 3.64. The van der Waals surface area contributed by atoms with Crippen LogP contribution in [0.3, 0.4) is 0 Å². The van der Waals surface area contributed by atoms with Crippen LogP contribution in [0.2, 0.25) is 0 Å². The third-order valence-electron chi connectivity index (χ3n) is 3.59. The molecule has 1 aromatic rings. The molecule has 6 nitrogen and oxygen atoms in total. The molecule has 0 aliphatic carbocycles. The Balaban J connectivity index is 1.89. The Bertz CT molecular complexity index is 467. The molecule has 21 heavy (non-hydrogen) atoms. The van der Waals surface area contributed by atoms with Crippen molar-refractivity contribution in [1.29, 1.82) is 0 Å². The summed E-state index contributed by atoms with van der Waals surface area (Å²) in [6.07, 6.45) is 4.78. The lowest BCUT2D eigenvalue weighted by molar-refractivity contribution is -0.119. The van der Waals surface area contributed by atoms with Gasteiger partial charge < -0.3 is 15.1 Å². The quantitative estimate of drug-likeness (QED) is 0.632. The third-order valence-corrected chi connectivity index (χ3v) is 3.59. The van der Waals surface area contributed by atoms with E-state index in [2.05, 4.69) is 17.2 Å². The van der Waals surface area contributed by atoms with E-state index in [9.17, 15) is 9.59 Å². The molecule has 0 bridgehead atoms. The van der Waals surface area contributed by atoms with E-state index in [1.165, 1.54) is 0 Å². The number of carbonyl (C=O) groups is 2. The van der Waals surface area contributed by atoms with E-state index in [4.69, 9.17) is 0 Å². The lowest BCUT2D eigenvalue weighted by Crippen LogP contribution is -2.48. The number of carbonyl (C=O) groups excluding carboxylic acids is 2. The zero-order valence-corrected chi connectivity index (χ0v) is 12.4. The molecule has 6 heteroatoms. The third kappa shape index (κ3) is 4.18. The highest BCUT2D eigenvalue weighted by Gasteiger charge is 2.21. The van der Waals surface area contributed by atoms with Crippen molar-refractivity contribution >= 4 is 18.0 Å². The standard InChI is InChI=1S/C15H22N4O2/c1-2-3-6-16-13-4-5-14(17-11-13)15(21)19-9-7-18(12-20)8-10-19/h4-5,11-12,16H,2-3,6-10H2,1H3. The Morgan fingerprint density at radius 2 is 2.10 bits per heavy atom. The molecule has 2 heterocycles. The SMILES string of the molecule is CCCCNc1ccc(C(=O)N2CCN(C=O)CC2)nc1. The lowest BCUT2D eigenvalue weighted by Gasteiger charge is -2.32. The molecular weight excluding hydrogens is 268 g/mol. The number of amides is 2. The van der Waals surface area contributed by atoms with Crippen LogP contribution in [0.1, 0.15) is 30.3 Å². The first kappa shape index (κ1) is 15.3. The Kier molecular flexibility index (Phi) is 5.54. The highest BCUT2D eigenvalue weighted by atomic mass is 16.2. The second kappa shape index (κ2) is 7.61. The number of piperazine rings is 1. The van der Waals surface area contributed by atoms with Crippen molar-refractivity contribution < 1.29 is 9.59 Å². The van der Waals surface area contributed by atoms with Crippen LogP contribution in [0.5, 0.6) is 0 Å². The number of rotatable bonds is 6. The molecule has 0 unspecified atom stereocenters. The monoisotopic (exact) mass is 290 g/mol. The zero-order chi connectivity index (χ0) is 15.1. The van der Waals surface area contributed by atoms with Crippen molar-refractivity contribution in [2.24, 2.45) is 0 Å². The summed E-state index contributed by atoms with van der Waals surface area (Å²) in [5.74, 6) is -0.0688. The summed E-state index contributed by atoms with van der Waals surface area (Å²) in [5.41, 5.74) is 1.39. The average molecular weight is 290 g/mol. The van der Waals surface area contributed by atoms with Gasteiger partial charge in [-0.25, -0.2) is 4.98 Å². The van der Waals surface area contributed by atoms with Gasteiger partial charge >= 0.3 is 0 Å². The van der Waals surface area contributed by atoms with E-state index in [0.717, 1.165) is 31.5 Å². The van der Waals surface area contributed by atoms with Crippen LogP contribution >= 0.6 is 0 Å². The van der Waals surface area contributed by atoms with Crippen molar-refractivity contribution in [3.63, 3.8) is 0 Å². The topological polar surface area (TPSA) is 65.5 Å². The molecule has 0 atom stereocenters. The lowest BCUT2D eigenvalue weighted by atomic mass is 10.2. The van der Waals surface area contributed by atoms with Crippen molar-refractivity contribution in [3.05, 3.63) is 24.0 Å². The molecule has 1 N–H and O–H groups in total. The summed E-state index contributed by atoms with van der Waals surface area (Å²) >= 11 is 0. The molecule has 2 rings (SSSR count). The molecule has 114 valence electrons. The van der Waals surface area contributed by atoms with Gasteiger partial charge in [0.25, 0.3) is 5.91 Å². The highest BCUT2D eigenvalue weighted by molar-refractivity contribution is 5.92. The number of nitrogens with zero attached hydrogens (tertiary/aromatic N) is 3. The molecule has 0 spiro atoms. The molecule has 0 saturated carbocycles. The predicted molar refractivity (Wildman–Crippen MR) is 81.2 cm³/mol. The maximum atomic E-state index is 12.3. The van der Waals surface area contributed by atoms with Crippen LogP contribution in [-0.4, -0.2) is 59.8 Å². The fourth-order valence-corrected chi connectivity index (χ4v) is 2.23. The van der Waals surface area contributed by atoms with Crippen LogP contribution in [-0.2, 0) is 4.79 Å². The van der Waals surface area contributed by atoms with Crippen LogP contribution in [0, 0.1) is 0 Å². The number of nitrogens with one attached hydrogen (secondary N) is 1. The molecule has 1 saturated heterocycles. The molecule has 0 aromatic carbocycles. The fraction of sp³-hybridized carbons (Fsp3) is 0.533. The van der Waals surface area contributed by atoms with Crippen molar-refractivity contribution in [1.82, 2.24) is 14.8 Å². The normalized spacial score (nSPS) is 14.9. The van der Waals surface area contributed by atoms with Gasteiger partial charge in [0.1, 0.15) is 5.69 Å². The fourth-order valence-electron chi connectivity index (χ4n) is 2.23. The smallest absolute Gasteiger partial charge is 0.272 e. The van der Waals surface area contributed by atoms with Gasteiger partial charge in [-0.15, -0.1) is 0 Å². The summed E-state index contributed by atoms with van der Waals surface area (Å²) < 4.78 is 0. The Morgan fingerprint density at radius 1 is 1.33 bits per heavy atom. The average Bonchev–Trinajstić information content (AvgIpc) is 2.55. The first-order valence-electron chi connectivity index (χ1n) is 7.43. The minimum absolute atomic E-state index is 0.0688. The minimum atomic E-state index is -0.0688. The van der Waals surface area contributed by atoms with Gasteiger partial charge in [-0.05, 0) is 18.6 Å². The van der Waals surface area contributed by atoms with Gasteiger partial charge in [0, 0.05) is 32.7 Å². The molecule has 1 aliphatic heterocycles. The van der Waals surface area contributed by atoms with Gasteiger partial charge in [0.2, 0.25) is 6.41 Å². The van der Waals surface area contributed by atoms with E-state index in [1.54, 1.807) is 22.1 Å². The number of unbranched alkanes of at least 4 members (excludes halogenated alkanes) is 1. The number of hydrogen-bond donors (Lipinski definition) is 1. The van der Waals surface area contributed by atoms with E-state index in [-0.39, 0.29) is 5.91 Å². The Hall–Kier alpha value is -2.11. The second-order valence-electron chi connectivity index (χ2n) is 5.15. The minimum Gasteiger partial charge on any atom is -0.384 e. The van der Waals surface area contributed by atoms with Gasteiger partial charge in [-0.3, -0.25) is 9.59 Å². The summed E-state index contributed by atoms with van der Waals surface area (Å²) in [7, 11) is 0. The van der Waals surface area contributed by atoms with E-state index >= 15 is 0 Å². The van der Waals surface area contributed by atoms with Gasteiger partial charge in [-0.2, -0.15) is 0 Å². The molecule has 1 aromatic heterocycles. The van der Waals surface area contributed by atoms with E-state index in [1.807, 2.05) is 6.07 Å². The molecular formula is C15H22N4O2. The summed E-state index contributed by atoms with van der Waals surface area (Å²) in [6.45, 7) is 5.37. The molecule has 0 radical (unpaired) electrons. The van der Waals surface area contributed by atoms with E-state index < -0.39 is 0 Å². The maximum Gasteiger partial charge on any atom is 0.272 e. The molecule has 1 fully saturated rings. The summed E-state index contributed by atoms with van der Waals surface area (Å²) in [4.78, 5) is 30.6. The second-order valence-corrected chi connectivity index (χ2v) is 5.15. The van der Waals surface area contributed by atoms with Crippen LogP contribution < -0.4 is 5.32 Å². The van der Waals surface area contributed by atoms with Crippen molar-refractivity contribution in [2.45, 2.75) is 19.8 Å². The Labute approximate surface area is 125 Å². The Morgan fingerprint density at radius 3 is 2.67 bits per heavy atom. The highest BCUT2D eigenvalue weighted by Crippen LogP contribution is 2.10. The number of pyridine rings is 1. The predicted octanol–water partition coefficient (Wildman–Crippen LogP) is 1.21. The number of anilines is 1. The first-order valence-corrected chi connectivity index (χ1v) is 7.43. The number of aromatic nitrogens is 1. The van der Waals surface area contributed by atoms with Crippen LogP contribution in [0.25, 0.3) is 0 Å². The molecule has 2 amide bonds. The van der Waals surface area contributed by atoms with Gasteiger partial charge in [0.15, 0.2) is 0 Å². The maximum absolute atomic E-state index is 12.3. The number of hydrogen-bond acceptors (Lipinski definition) is 4. The van der Waals surface area contributed by atoms with E-state index in [0.29, 0.717) is 31.9 Å². The van der Waals surface area contributed by atoms with Crippen LogP contribution in [0.15, 0.2) is 18.3 Å².